The number of hydrogen-bond acceptors (Lipinski definition) is 8. The lowest BCUT2D eigenvalue weighted by atomic mass is 10.0. The summed E-state index contributed by atoms with van der Waals surface area (Å²) in [4.78, 5) is 26.8. The van der Waals surface area contributed by atoms with Crippen LogP contribution >= 0.6 is 0 Å². The average Bonchev–Trinajstić information content (AvgIpc) is 2.98. The number of amides is 2. The van der Waals surface area contributed by atoms with Crippen molar-refractivity contribution in [1.29, 1.82) is 0 Å². The number of carbonyl (C=O) groups excluding carboxylic acids is 2. The summed E-state index contributed by atoms with van der Waals surface area (Å²) in [6.45, 7) is 5.09. The highest BCUT2D eigenvalue weighted by molar-refractivity contribution is 7.89. The molecule has 43 heavy (non-hydrogen) atoms. The largest absolute Gasteiger partial charge is 0.490 e. The maximum absolute atomic E-state index is 14.2. The zero-order valence-electron chi connectivity index (χ0n) is 25.2. The minimum atomic E-state index is -3.95. The van der Waals surface area contributed by atoms with E-state index in [1.54, 1.807) is 18.2 Å². The summed E-state index contributed by atoms with van der Waals surface area (Å²) < 4.78 is 53.4. The SMILES string of the molecule is COC(=O)N[C@@H](Cc1ccccc1F)C(=O)NCCCC[C@H](CO)N(CC(C)C)S(=O)(=O)c1ccc2c(c1)OCCN2C. The molecule has 238 valence electrons. The summed E-state index contributed by atoms with van der Waals surface area (Å²) in [5.74, 6) is -0.475. The minimum Gasteiger partial charge on any atom is -0.490 e. The molecule has 0 unspecified atom stereocenters. The van der Waals surface area contributed by atoms with Crippen molar-refractivity contribution >= 4 is 27.7 Å². The molecular weight excluding hydrogens is 579 g/mol. The number of alkyl carbamates (subject to hydrolysis) is 1. The van der Waals surface area contributed by atoms with Crippen LogP contribution < -0.4 is 20.3 Å². The predicted octanol–water partition coefficient (Wildman–Crippen LogP) is 2.92. The number of unbranched alkanes of at least 4 members (excludes halogenated alkanes) is 1. The van der Waals surface area contributed by atoms with Gasteiger partial charge >= 0.3 is 6.09 Å². The Morgan fingerprint density at radius 3 is 2.60 bits per heavy atom. The fraction of sp³-hybridized carbons (Fsp3) is 0.533. The number of nitrogens with zero attached hydrogens (tertiary/aromatic N) is 2. The predicted molar refractivity (Wildman–Crippen MR) is 161 cm³/mol. The molecule has 0 aliphatic carbocycles. The molecule has 1 aliphatic rings. The van der Waals surface area contributed by atoms with Gasteiger partial charge in [-0.05, 0) is 42.5 Å². The summed E-state index contributed by atoms with van der Waals surface area (Å²) in [6, 6.07) is 9.11. The Hall–Kier alpha value is -3.42. The van der Waals surface area contributed by atoms with Crippen LogP contribution in [0.25, 0.3) is 0 Å². The van der Waals surface area contributed by atoms with Crippen molar-refractivity contribution in [2.24, 2.45) is 5.92 Å². The lowest BCUT2D eigenvalue weighted by Gasteiger charge is -2.32. The third-order valence-electron chi connectivity index (χ3n) is 7.24. The number of hydrogen-bond donors (Lipinski definition) is 3. The first-order valence-electron chi connectivity index (χ1n) is 14.4. The van der Waals surface area contributed by atoms with Gasteiger partial charge in [-0.15, -0.1) is 0 Å². The number of benzene rings is 2. The molecule has 1 aliphatic heterocycles. The number of ether oxygens (including phenoxy) is 2. The zero-order chi connectivity index (χ0) is 31.6. The third kappa shape index (κ3) is 9.28. The van der Waals surface area contributed by atoms with Crippen molar-refractivity contribution in [3.8, 4) is 5.75 Å². The summed E-state index contributed by atoms with van der Waals surface area (Å²) in [5, 5.41) is 15.4. The van der Waals surface area contributed by atoms with Gasteiger partial charge in [-0.25, -0.2) is 17.6 Å². The number of methoxy groups -OCH3 is 1. The van der Waals surface area contributed by atoms with Gasteiger partial charge < -0.3 is 30.1 Å². The van der Waals surface area contributed by atoms with Gasteiger partial charge in [0.1, 0.15) is 24.2 Å². The second-order valence-corrected chi connectivity index (χ2v) is 12.9. The van der Waals surface area contributed by atoms with Gasteiger partial charge in [0.05, 0.1) is 30.8 Å². The fourth-order valence-corrected chi connectivity index (χ4v) is 6.72. The van der Waals surface area contributed by atoms with E-state index in [2.05, 4.69) is 15.4 Å². The Morgan fingerprint density at radius 2 is 1.93 bits per heavy atom. The number of anilines is 1. The van der Waals surface area contributed by atoms with E-state index >= 15 is 0 Å². The van der Waals surface area contributed by atoms with Crippen molar-refractivity contribution in [2.75, 3.05) is 51.9 Å². The summed E-state index contributed by atoms with van der Waals surface area (Å²) in [7, 11) is -0.858. The molecule has 3 rings (SSSR count). The molecule has 3 N–H and O–H groups in total. The molecule has 0 bridgehead atoms. The average molecular weight is 623 g/mol. The van der Waals surface area contributed by atoms with Crippen LogP contribution in [0.4, 0.5) is 14.9 Å². The normalized spacial score (nSPS) is 14.6. The topological polar surface area (TPSA) is 138 Å². The first-order chi connectivity index (χ1) is 20.5. The van der Waals surface area contributed by atoms with Gasteiger partial charge in [0.2, 0.25) is 15.9 Å². The molecule has 0 saturated carbocycles. The molecule has 11 nitrogen and oxygen atoms in total. The van der Waals surface area contributed by atoms with E-state index in [1.807, 2.05) is 25.8 Å². The summed E-state index contributed by atoms with van der Waals surface area (Å²) in [5.41, 5.74) is 1.09. The van der Waals surface area contributed by atoms with Gasteiger partial charge in [-0.2, -0.15) is 4.31 Å². The molecule has 0 saturated heterocycles. The highest BCUT2D eigenvalue weighted by Crippen LogP contribution is 2.34. The van der Waals surface area contributed by atoms with E-state index in [4.69, 9.17) is 4.74 Å². The highest BCUT2D eigenvalue weighted by atomic mass is 32.2. The zero-order valence-corrected chi connectivity index (χ0v) is 26.0. The number of sulfonamides is 1. The van der Waals surface area contributed by atoms with E-state index < -0.39 is 39.9 Å². The van der Waals surface area contributed by atoms with E-state index in [1.165, 1.54) is 35.7 Å². The van der Waals surface area contributed by atoms with E-state index in [0.29, 0.717) is 38.2 Å². The molecule has 2 amide bonds. The van der Waals surface area contributed by atoms with E-state index in [-0.39, 0.29) is 42.5 Å². The molecule has 2 aromatic rings. The number of aliphatic hydroxyl groups is 1. The Labute approximate surface area is 253 Å². The molecule has 0 fully saturated rings. The number of carbonyl (C=O) groups is 2. The Bertz CT molecular complexity index is 1340. The number of aliphatic hydroxyl groups excluding tert-OH is 1. The van der Waals surface area contributed by atoms with Gasteiger partial charge in [0, 0.05) is 38.7 Å². The van der Waals surface area contributed by atoms with Crippen LogP contribution in [0.2, 0.25) is 0 Å². The number of fused-ring (bicyclic) bond motifs is 1. The Balaban J connectivity index is 1.62. The smallest absolute Gasteiger partial charge is 0.407 e. The molecule has 2 aromatic carbocycles. The van der Waals surface area contributed by atoms with Crippen molar-refractivity contribution in [3.63, 3.8) is 0 Å². The van der Waals surface area contributed by atoms with Crippen LogP contribution in [0.1, 0.15) is 38.7 Å². The molecule has 0 radical (unpaired) electrons. The highest BCUT2D eigenvalue weighted by Gasteiger charge is 2.33. The number of likely N-dealkylation sites (N-methyl/N-ethyl adjacent to an activating group) is 1. The van der Waals surface area contributed by atoms with Crippen molar-refractivity contribution < 1.29 is 37.0 Å². The molecule has 0 spiro atoms. The second-order valence-electron chi connectivity index (χ2n) is 11.0. The summed E-state index contributed by atoms with van der Waals surface area (Å²) in [6.07, 6.45) is 0.483. The van der Waals surface area contributed by atoms with Crippen LogP contribution in [0.5, 0.6) is 5.75 Å². The van der Waals surface area contributed by atoms with Gasteiger partial charge in [0.15, 0.2) is 0 Å². The first-order valence-corrected chi connectivity index (χ1v) is 15.9. The van der Waals surface area contributed by atoms with Crippen LogP contribution in [0.3, 0.4) is 0 Å². The van der Waals surface area contributed by atoms with Gasteiger partial charge in [-0.3, -0.25) is 4.79 Å². The van der Waals surface area contributed by atoms with Crippen LogP contribution in [-0.4, -0.2) is 88.9 Å². The molecular formula is C30H43FN4O7S. The monoisotopic (exact) mass is 622 g/mol. The standard InChI is InChI=1S/C30H43FN4O7S/c1-21(2)19-35(43(39,40)24-12-13-27-28(18-24)42-16-15-34(27)3)23(20-36)10-7-8-14-32-29(37)26(33-30(38)41-4)17-22-9-5-6-11-25(22)31/h5-6,9,11-13,18,21,23,26,36H,7-8,10,14-17,19-20H2,1-4H3,(H,32,37)(H,33,38)/t23-,26+/m1/s1. The fourth-order valence-electron chi connectivity index (χ4n) is 4.90. The quantitative estimate of drug-likeness (QED) is 0.258. The van der Waals surface area contributed by atoms with Crippen molar-refractivity contribution in [3.05, 3.63) is 53.8 Å². The number of rotatable bonds is 15. The van der Waals surface area contributed by atoms with Crippen LogP contribution in [0.15, 0.2) is 47.4 Å². The minimum absolute atomic E-state index is 0.0109. The lowest BCUT2D eigenvalue weighted by molar-refractivity contribution is -0.123. The van der Waals surface area contributed by atoms with Crippen molar-refractivity contribution in [1.82, 2.24) is 14.9 Å². The van der Waals surface area contributed by atoms with E-state index in [0.717, 1.165) is 5.69 Å². The van der Waals surface area contributed by atoms with Gasteiger partial charge in [-0.1, -0.05) is 38.5 Å². The molecule has 1 heterocycles. The van der Waals surface area contributed by atoms with E-state index in [9.17, 15) is 27.5 Å². The first kappa shape index (κ1) is 34.1. The number of nitrogens with one attached hydrogen (secondary N) is 2. The van der Waals surface area contributed by atoms with Crippen LogP contribution in [-0.2, 0) is 26.0 Å². The Kier molecular flexibility index (Phi) is 12.6. The molecule has 2 atom stereocenters. The van der Waals surface area contributed by atoms with Crippen molar-refractivity contribution in [2.45, 2.75) is 56.5 Å². The van der Waals surface area contributed by atoms with Gasteiger partial charge in [0.25, 0.3) is 0 Å². The van der Waals surface area contributed by atoms with Crippen LogP contribution in [0, 0.1) is 11.7 Å². The third-order valence-corrected chi connectivity index (χ3v) is 9.15. The maximum atomic E-state index is 14.2. The second kappa shape index (κ2) is 15.9. The summed E-state index contributed by atoms with van der Waals surface area (Å²) >= 11 is 0. The maximum Gasteiger partial charge on any atom is 0.407 e. The molecule has 13 heteroatoms. The number of halogens is 1. The Morgan fingerprint density at radius 1 is 1.19 bits per heavy atom. The molecule has 0 aromatic heterocycles. The lowest BCUT2D eigenvalue weighted by Crippen LogP contribution is -2.48.